The van der Waals surface area contributed by atoms with E-state index in [-0.39, 0.29) is 0 Å². The summed E-state index contributed by atoms with van der Waals surface area (Å²) < 4.78 is 0. The number of nitrogens with one attached hydrogen (secondary N) is 1. The van der Waals surface area contributed by atoms with Gasteiger partial charge in [-0.15, -0.1) is 0 Å². The van der Waals surface area contributed by atoms with E-state index in [2.05, 4.69) is 22.2 Å². The number of hydrogen-bond donors (Lipinski definition) is 1. The van der Waals surface area contributed by atoms with Gasteiger partial charge in [0.05, 0.1) is 0 Å². The summed E-state index contributed by atoms with van der Waals surface area (Å²) >= 11 is 0. The van der Waals surface area contributed by atoms with Crippen LogP contribution in [0.25, 0.3) is 0 Å². The first-order valence-corrected chi connectivity index (χ1v) is 4.82. The third-order valence-electron chi connectivity index (χ3n) is 2.68. The molecule has 0 aliphatic carbocycles. The highest BCUT2D eigenvalue weighted by atomic mass is 14.9. The fraction of sp³-hybridized carbons (Fsp3) is 0.600. The summed E-state index contributed by atoms with van der Waals surface area (Å²) in [6, 6.07) is 0. The van der Waals surface area contributed by atoms with Gasteiger partial charge in [-0.3, -0.25) is 0 Å². The van der Waals surface area contributed by atoms with Crippen LogP contribution in [0, 0.1) is 12.8 Å². The largest absolute Gasteiger partial charge is 0.316 e. The minimum Gasteiger partial charge on any atom is -0.316 e. The lowest BCUT2D eigenvalue weighted by molar-refractivity contribution is 0.575. The zero-order valence-corrected chi connectivity index (χ0v) is 7.95. The molecule has 70 valence electrons. The number of hydrogen-bond acceptors (Lipinski definition) is 3. The second kappa shape index (κ2) is 3.83. The van der Waals surface area contributed by atoms with Crippen molar-refractivity contribution in [3.8, 4) is 0 Å². The summed E-state index contributed by atoms with van der Waals surface area (Å²) in [5, 5.41) is 3.37. The Morgan fingerprint density at radius 2 is 2.54 bits per heavy atom. The maximum atomic E-state index is 4.19. The second-order valence-corrected chi connectivity index (χ2v) is 3.70. The molecule has 0 bridgehead atoms. The predicted molar refractivity (Wildman–Crippen MR) is 51.4 cm³/mol. The molecule has 0 aromatic carbocycles. The molecular weight excluding hydrogens is 162 g/mol. The molecule has 1 fully saturated rings. The summed E-state index contributed by atoms with van der Waals surface area (Å²) in [5.41, 5.74) is 2.43. The van der Waals surface area contributed by atoms with Gasteiger partial charge in [-0.2, -0.15) is 0 Å². The smallest absolute Gasteiger partial charge is 0.115 e. The van der Waals surface area contributed by atoms with E-state index in [0.29, 0.717) is 0 Å². The Hall–Kier alpha value is -0.960. The first-order valence-electron chi connectivity index (χ1n) is 4.82. The molecule has 2 heterocycles. The topological polar surface area (TPSA) is 37.8 Å². The maximum absolute atomic E-state index is 4.19. The molecule has 1 unspecified atom stereocenters. The van der Waals surface area contributed by atoms with Gasteiger partial charge in [0.1, 0.15) is 6.33 Å². The minimum atomic E-state index is 0.782. The van der Waals surface area contributed by atoms with Crippen molar-refractivity contribution >= 4 is 0 Å². The van der Waals surface area contributed by atoms with Gasteiger partial charge in [0.25, 0.3) is 0 Å². The van der Waals surface area contributed by atoms with E-state index >= 15 is 0 Å². The first-order chi connectivity index (χ1) is 6.36. The zero-order chi connectivity index (χ0) is 9.10. The molecule has 1 aromatic rings. The fourth-order valence-electron chi connectivity index (χ4n) is 1.82. The Labute approximate surface area is 78.6 Å². The van der Waals surface area contributed by atoms with Crippen LogP contribution in [0.4, 0.5) is 0 Å². The lowest BCUT2D eigenvalue weighted by atomic mass is 9.99. The predicted octanol–water partition coefficient (Wildman–Crippen LogP) is 0.937. The molecule has 1 aromatic heterocycles. The molecule has 1 aliphatic heterocycles. The summed E-state index contributed by atoms with van der Waals surface area (Å²) in [6.45, 7) is 4.37. The van der Waals surface area contributed by atoms with Crippen molar-refractivity contribution in [3.05, 3.63) is 23.8 Å². The van der Waals surface area contributed by atoms with Crippen molar-refractivity contribution in [1.82, 2.24) is 15.3 Å². The highest BCUT2D eigenvalue weighted by Gasteiger charge is 2.15. The Morgan fingerprint density at radius 1 is 1.62 bits per heavy atom. The van der Waals surface area contributed by atoms with Crippen molar-refractivity contribution in [2.75, 3.05) is 13.1 Å². The monoisotopic (exact) mass is 177 g/mol. The molecule has 0 saturated carbocycles. The van der Waals surface area contributed by atoms with Gasteiger partial charge >= 0.3 is 0 Å². The van der Waals surface area contributed by atoms with Gasteiger partial charge in [-0.1, -0.05) is 0 Å². The zero-order valence-electron chi connectivity index (χ0n) is 7.95. The van der Waals surface area contributed by atoms with Gasteiger partial charge in [-0.05, 0) is 44.3 Å². The van der Waals surface area contributed by atoms with Crippen LogP contribution in [0.3, 0.4) is 0 Å². The molecule has 13 heavy (non-hydrogen) atoms. The summed E-state index contributed by atoms with van der Waals surface area (Å²) in [5.74, 6) is 0.782. The Balaban J connectivity index is 2.04. The van der Waals surface area contributed by atoms with Crippen LogP contribution in [0.1, 0.15) is 17.7 Å². The number of rotatable bonds is 2. The van der Waals surface area contributed by atoms with Gasteiger partial charge in [0.2, 0.25) is 0 Å². The molecule has 0 radical (unpaired) electrons. The molecule has 1 atom stereocenters. The van der Waals surface area contributed by atoms with Crippen LogP contribution >= 0.6 is 0 Å². The fourth-order valence-corrected chi connectivity index (χ4v) is 1.82. The highest BCUT2D eigenvalue weighted by Crippen LogP contribution is 2.15. The molecule has 2 rings (SSSR count). The second-order valence-electron chi connectivity index (χ2n) is 3.70. The van der Waals surface area contributed by atoms with Crippen molar-refractivity contribution in [2.45, 2.75) is 19.8 Å². The van der Waals surface area contributed by atoms with Crippen molar-refractivity contribution < 1.29 is 0 Å². The molecule has 0 amide bonds. The average Bonchev–Trinajstić information content (AvgIpc) is 2.61. The van der Waals surface area contributed by atoms with Crippen LogP contribution in [0.15, 0.2) is 12.5 Å². The molecule has 1 N–H and O–H groups in total. The normalized spacial score (nSPS) is 22.1. The Bertz CT molecular complexity index is 279. The summed E-state index contributed by atoms with van der Waals surface area (Å²) in [4.78, 5) is 8.25. The number of nitrogens with zero attached hydrogens (tertiary/aromatic N) is 2. The van der Waals surface area contributed by atoms with E-state index in [4.69, 9.17) is 0 Å². The molecule has 3 nitrogen and oxygen atoms in total. The van der Waals surface area contributed by atoms with Crippen LogP contribution in [0.2, 0.25) is 0 Å². The van der Waals surface area contributed by atoms with Crippen LogP contribution in [-0.2, 0) is 6.42 Å². The standard InChI is InChI=1S/C10H15N3/c1-8-10(6-12-7-13-8)4-9-2-3-11-5-9/h6-7,9,11H,2-5H2,1H3. The molecule has 1 saturated heterocycles. The Morgan fingerprint density at radius 3 is 3.23 bits per heavy atom. The van der Waals surface area contributed by atoms with Crippen LogP contribution < -0.4 is 5.32 Å². The van der Waals surface area contributed by atoms with E-state index in [1.54, 1.807) is 6.33 Å². The highest BCUT2D eigenvalue weighted by molar-refractivity contribution is 5.15. The average molecular weight is 177 g/mol. The molecule has 3 heteroatoms. The van der Waals surface area contributed by atoms with E-state index < -0.39 is 0 Å². The summed E-state index contributed by atoms with van der Waals surface area (Å²) in [6.07, 6.45) is 5.97. The number of aryl methyl sites for hydroxylation is 1. The third-order valence-corrected chi connectivity index (χ3v) is 2.68. The van der Waals surface area contributed by atoms with Crippen molar-refractivity contribution in [2.24, 2.45) is 5.92 Å². The first kappa shape index (κ1) is 8.63. The van der Waals surface area contributed by atoms with E-state index in [9.17, 15) is 0 Å². The minimum absolute atomic E-state index is 0.782. The Kier molecular flexibility index (Phi) is 2.54. The molecule has 0 spiro atoms. The van der Waals surface area contributed by atoms with E-state index in [1.807, 2.05) is 6.20 Å². The molecular formula is C10H15N3. The quantitative estimate of drug-likeness (QED) is 0.730. The summed E-state index contributed by atoms with van der Waals surface area (Å²) in [7, 11) is 0. The van der Waals surface area contributed by atoms with Gasteiger partial charge in [0, 0.05) is 11.9 Å². The van der Waals surface area contributed by atoms with E-state index in [1.165, 1.54) is 12.0 Å². The molecule has 1 aliphatic rings. The van der Waals surface area contributed by atoms with Crippen LogP contribution in [-0.4, -0.2) is 23.1 Å². The number of aromatic nitrogens is 2. The third kappa shape index (κ3) is 2.04. The SMILES string of the molecule is Cc1ncncc1CC1CCNC1. The van der Waals surface area contributed by atoms with E-state index in [0.717, 1.165) is 31.1 Å². The van der Waals surface area contributed by atoms with Crippen molar-refractivity contribution in [3.63, 3.8) is 0 Å². The van der Waals surface area contributed by atoms with Crippen molar-refractivity contribution in [1.29, 1.82) is 0 Å². The van der Waals surface area contributed by atoms with Crippen LogP contribution in [0.5, 0.6) is 0 Å². The van der Waals surface area contributed by atoms with Gasteiger partial charge in [-0.25, -0.2) is 9.97 Å². The lowest BCUT2D eigenvalue weighted by Gasteiger charge is -2.08. The lowest BCUT2D eigenvalue weighted by Crippen LogP contribution is -2.11. The van der Waals surface area contributed by atoms with Gasteiger partial charge < -0.3 is 5.32 Å². The maximum Gasteiger partial charge on any atom is 0.115 e. The van der Waals surface area contributed by atoms with Gasteiger partial charge in [0.15, 0.2) is 0 Å².